The van der Waals surface area contributed by atoms with Crippen LogP contribution in [-0.4, -0.2) is 24.7 Å². The summed E-state index contributed by atoms with van der Waals surface area (Å²) in [6.07, 6.45) is 0. The van der Waals surface area contributed by atoms with Crippen LogP contribution in [0.3, 0.4) is 0 Å². The van der Waals surface area contributed by atoms with Crippen molar-refractivity contribution in [3.8, 4) is 0 Å². The molecule has 0 aliphatic heterocycles. The van der Waals surface area contributed by atoms with Crippen LogP contribution >= 0.6 is 0 Å². The zero-order valence-corrected chi connectivity index (χ0v) is 10.2. The molecular formula is C11H23NO2. The van der Waals surface area contributed by atoms with Gasteiger partial charge >= 0.3 is 0 Å². The number of carbonyl (C=O) groups is 1. The largest absolute Gasteiger partial charge is 0.359 e. The summed E-state index contributed by atoms with van der Waals surface area (Å²) in [5, 5.41) is 3.15. The molecule has 0 bridgehead atoms. The molecule has 0 rings (SSSR count). The fraction of sp³-hybridized carbons (Fsp3) is 0.909. The van der Waals surface area contributed by atoms with Crippen LogP contribution in [0.4, 0.5) is 0 Å². The molecule has 0 saturated heterocycles. The normalized spacial score (nSPS) is 13.0. The van der Waals surface area contributed by atoms with Gasteiger partial charge in [-0.1, -0.05) is 20.8 Å². The Bertz CT molecular complexity index is 186. The molecule has 14 heavy (non-hydrogen) atoms. The van der Waals surface area contributed by atoms with Crippen molar-refractivity contribution < 1.29 is 9.53 Å². The minimum absolute atomic E-state index is 0.0325. The Morgan fingerprint density at radius 3 is 2.00 bits per heavy atom. The van der Waals surface area contributed by atoms with E-state index >= 15 is 0 Å². The van der Waals surface area contributed by atoms with Gasteiger partial charge in [-0.2, -0.15) is 0 Å². The van der Waals surface area contributed by atoms with Crippen LogP contribution in [0.2, 0.25) is 0 Å². The van der Waals surface area contributed by atoms with Gasteiger partial charge in [-0.3, -0.25) is 10.1 Å². The summed E-state index contributed by atoms with van der Waals surface area (Å²) in [7, 11) is 0. The molecular weight excluding hydrogens is 178 g/mol. The molecule has 3 heteroatoms. The molecule has 0 saturated carbocycles. The number of hydrogen-bond acceptors (Lipinski definition) is 3. The molecule has 0 spiro atoms. The van der Waals surface area contributed by atoms with Crippen molar-refractivity contribution in [1.29, 1.82) is 0 Å². The van der Waals surface area contributed by atoms with E-state index in [1.165, 1.54) is 0 Å². The van der Waals surface area contributed by atoms with Gasteiger partial charge in [0.15, 0.2) is 5.78 Å². The molecule has 0 amide bonds. The number of nitrogens with one attached hydrogen (secondary N) is 1. The Kier molecular flexibility index (Phi) is 4.75. The summed E-state index contributed by atoms with van der Waals surface area (Å²) >= 11 is 0. The van der Waals surface area contributed by atoms with Crippen LogP contribution in [0.1, 0.15) is 41.5 Å². The van der Waals surface area contributed by atoms with Crippen LogP contribution in [-0.2, 0) is 9.53 Å². The van der Waals surface area contributed by atoms with Crippen LogP contribution in [0, 0.1) is 5.41 Å². The number of ketones is 1. The van der Waals surface area contributed by atoms with E-state index in [1.54, 1.807) is 0 Å². The van der Waals surface area contributed by atoms with Crippen molar-refractivity contribution in [2.24, 2.45) is 5.41 Å². The van der Waals surface area contributed by atoms with Crippen LogP contribution in [0.25, 0.3) is 0 Å². The van der Waals surface area contributed by atoms with Gasteiger partial charge in [0.1, 0.15) is 6.61 Å². The summed E-state index contributed by atoms with van der Waals surface area (Å²) in [6, 6.07) is 0. The Labute approximate surface area is 87.2 Å². The van der Waals surface area contributed by atoms with Gasteiger partial charge in [0, 0.05) is 11.0 Å². The summed E-state index contributed by atoms with van der Waals surface area (Å²) in [6.45, 7) is 12.5. The maximum absolute atomic E-state index is 11.4. The van der Waals surface area contributed by atoms with Gasteiger partial charge in [0.2, 0.25) is 0 Å². The van der Waals surface area contributed by atoms with Gasteiger partial charge in [0.05, 0.1) is 6.73 Å². The lowest BCUT2D eigenvalue weighted by molar-refractivity contribution is -0.131. The van der Waals surface area contributed by atoms with Crippen molar-refractivity contribution in [1.82, 2.24) is 5.32 Å². The highest BCUT2D eigenvalue weighted by atomic mass is 16.5. The molecule has 0 aliphatic rings. The highest BCUT2D eigenvalue weighted by Gasteiger charge is 2.20. The second-order valence-corrected chi connectivity index (χ2v) is 5.59. The zero-order chi connectivity index (χ0) is 11.4. The van der Waals surface area contributed by atoms with Crippen LogP contribution in [0.5, 0.6) is 0 Å². The molecule has 0 aromatic carbocycles. The van der Waals surface area contributed by atoms with E-state index in [0.29, 0.717) is 6.73 Å². The second-order valence-electron chi connectivity index (χ2n) is 5.59. The third-order valence-corrected chi connectivity index (χ3v) is 1.77. The van der Waals surface area contributed by atoms with Gasteiger partial charge in [-0.25, -0.2) is 0 Å². The lowest BCUT2D eigenvalue weighted by Gasteiger charge is -2.21. The lowest BCUT2D eigenvalue weighted by atomic mass is 9.91. The molecule has 0 aromatic heterocycles. The van der Waals surface area contributed by atoms with Crippen molar-refractivity contribution in [2.75, 3.05) is 13.3 Å². The molecule has 84 valence electrons. The highest BCUT2D eigenvalue weighted by molar-refractivity contribution is 5.84. The fourth-order valence-electron chi connectivity index (χ4n) is 0.628. The average Bonchev–Trinajstić information content (AvgIpc) is 1.93. The Hall–Kier alpha value is -0.410. The zero-order valence-electron chi connectivity index (χ0n) is 10.2. The highest BCUT2D eigenvalue weighted by Crippen LogP contribution is 2.14. The van der Waals surface area contributed by atoms with E-state index in [1.807, 2.05) is 20.8 Å². The SMILES string of the molecule is CC(C)(C)NCOCC(=O)C(C)(C)C. The Balaban J connectivity index is 3.62. The van der Waals surface area contributed by atoms with Crippen LogP contribution in [0.15, 0.2) is 0 Å². The van der Waals surface area contributed by atoms with E-state index in [-0.39, 0.29) is 23.3 Å². The first-order valence-corrected chi connectivity index (χ1v) is 4.99. The smallest absolute Gasteiger partial charge is 0.163 e. The summed E-state index contributed by atoms with van der Waals surface area (Å²) in [5.74, 6) is 0.133. The lowest BCUT2D eigenvalue weighted by Crippen LogP contribution is -2.38. The van der Waals surface area contributed by atoms with E-state index in [0.717, 1.165) is 0 Å². The molecule has 0 aliphatic carbocycles. The molecule has 0 atom stereocenters. The summed E-state index contributed by atoms with van der Waals surface area (Å²) in [5.41, 5.74) is -0.271. The maximum atomic E-state index is 11.4. The fourth-order valence-corrected chi connectivity index (χ4v) is 0.628. The number of Topliss-reactive ketones (excluding diaryl/α,β-unsaturated/α-hetero) is 1. The predicted molar refractivity (Wildman–Crippen MR) is 58.2 cm³/mol. The molecule has 0 heterocycles. The third kappa shape index (κ3) is 7.04. The van der Waals surface area contributed by atoms with Gasteiger partial charge < -0.3 is 4.74 Å². The standard InChI is InChI=1S/C11H23NO2/c1-10(2,3)9(13)7-14-8-12-11(4,5)6/h12H,7-8H2,1-6H3. The number of hydrogen-bond donors (Lipinski definition) is 1. The minimum Gasteiger partial charge on any atom is -0.359 e. The monoisotopic (exact) mass is 201 g/mol. The van der Waals surface area contributed by atoms with Crippen molar-refractivity contribution in [3.63, 3.8) is 0 Å². The van der Waals surface area contributed by atoms with Gasteiger partial charge in [-0.05, 0) is 20.8 Å². The van der Waals surface area contributed by atoms with Crippen LogP contribution < -0.4 is 5.32 Å². The topological polar surface area (TPSA) is 38.3 Å². The minimum atomic E-state index is -0.304. The molecule has 0 radical (unpaired) electrons. The third-order valence-electron chi connectivity index (χ3n) is 1.77. The Morgan fingerprint density at radius 2 is 1.64 bits per heavy atom. The summed E-state index contributed by atoms with van der Waals surface area (Å²) < 4.78 is 5.24. The van der Waals surface area contributed by atoms with E-state index in [9.17, 15) is 4.79 Å². The van der Waals surface area contributed by atoms with Gasteiger partial charge in [-0.15, -0.1) is 0 Å². The number of carbonyl (C=O) groups excluding carboxylic acids is 1. The first-order valence-electron chi connectivity index (χ1n) is 4.99. The van der Waals surface area contributed by atoms with E-state index in [2.05, 4.69) is 26.1 Å². The molecule has 0 fully saturated rings. The quantitative estimate of drug-likeness (QED) is 0.558. The molecule has 0 unspecified atom stereocenters. The molecule has 1 N–H and O–H groups in total. The summed E-state index contributed by atoms with van der Waals surface area (Å²) in [4.78, 5) is 11.4. The van der Waals surface area contributed by atoms with Gasteiger partial charge in [0.25, 0.3) is 0 Å². The van der Waals surface area contributed by atoms with Crippen molar-refractivity contribution in [2.45, 2.75) is 47.1 Å². The molecule has 0 aromatic rings. The van der Waals surface area contributed by atoms with Crippen molar-refractivity contribution in [3.05, 3.63) is 0 Å². The number of ether oxygens (including phenoxy) is 1. The second kappa shape index (κ2) is 4.89. The maximum Gasteiger partial charge on any atom is 0.163 e. The molecule has 3 nitrogen and oxygen atoms in total. The number of rotatable bonds is 4. The average molecular weight is 201 g/mol. The van der Waals surface area contributed by atoms with E-state index < -0.39 is 0 Å². The first-order chi connectivity index (χ1) is 6.13. The van der Waals surface area contributed by atoms with Crippen molar-refractivity contribution >= 4 is 5.78 Å². The predicted octanol–water partition coefficient (Wildman–Crippen LogP) is 1.96. The Morgan fingerprint density at radius 1 is 1.14 bits per heavy atom. The van der Waals surface area contributed by atoms with E-state index in [4.69, 9.17) is 4.74 Å². The first kappa shape index (κ1) is 13.6.